The maximum atomic E-state index is 12.3. The number of hydrogen-bond donors (Lipinski definition) is 1. The predicted molar refractivity (Wildman–Crippen MR) is 112 cm³/mol. The maximum absolute atomic E-state index is 12.3. The van der Waals surface area contributed by atoms with Gasteiger partial charge in [-0.05, 0) is 59.0 Å². The van der Waals surface area contributed by atoms with E-state index in [1.165, 1.54) is 25.5 Å². The Labute approximate surface area is 174 Å². The third-order valence-corrected chi connectivity index (χ3v) is 5.48. The molecule has 0 unspecified atom stereocenters. The third-order valence-electron chi connectivity index (χ3n) is 3.07. The van der Waals surface area contributed by atoms with Crippen LogP contribution in [-0.4, -0.2) is 28.3 Å². The summed E-state index contributed by atoms with van der Waals surface area (Å²) in [7, 11) is -2.28. The summed E-state index contributed by atoms with van der Waals surface area (Å²) in [6.45, 7) is 0.0349. The van der Waals surface area contributed by atoms with Crippen LogP contribution in [0.5, 0.6) is 11.5 Å². The molecule has 0 radical (unpaired) electrons. The molecule has 2 aromatic carbocycles. The van der Waals surface area contributed by atoms with Gasteiger partial charge < -0.3 is 9.47 Å². The van der Waals surface area contributed by atoms with Crippen molar-refractivity contribution in [3.63, 3.8) is 0 Å². The van der Waals surface area contributed by atoms with Crippen molar-refractivity contribution in [2.24, 2.45) is 5.10 Å². The number of rotatable bonds is 7. The lowest BCUT2D eigenvalue weighted by atomic mass is 10.2. The smallest absolute Gasteiger partial charge is 0.276 e. The van der Waals surface area contributed by atoms with E-state index in [-0.39, 0.29) is 11.5 Å². The van der Waals surface area contributed by atoms with Gasteiger partial charge in [0.25, 0.3) is 10.0 Å². The number of hydrogen-bond acceptors (Lipinski definition) is 5. The maximum Gasteiger partial charge on any atom is 0.276 e. The lowest BCUT2D eigenvalue weighted by molar-refractivity contribution is 0.330. The molecular formula is C17H14BrIN2O4S. The zero-order chi connectivity index (χ0) is 19.2. The molecule has 0 aliphatic carbocycles. The quantitative estimate of drug-likeness (QED) is 0.249. The van der Waals surface area contributed by atoms with E-state index < -0.39 is 10.0 Å². The monoisotopic (exact) mass is 548 g/mol. The van der Waals surface area contributed by atoms with Gasteiger partial charge in [0.05, 0.1) is 18.2 Å². The fourth-order valence-electron chi connectivity index (χ4n) is 1.94. The lowest BCUT2D eigenvalue weighted by Crippen LogP contribution is -2.18. The molecule has 0 bridgehead atoms. The van der Waals surface area contributed by atoms with Gasteiger partial charge in [0, 0.05) is 13.6 Å². The van der Waals surface area contributed by atoms with Gasteiger partial charge in [0.15, 0.2) is 11.5 Å². The second kappa shape index (κ2) is 9.25. The zero-order valence-electron chi connectivity index (χ0n) is 13.6. The van der Waals surface area contributed by atoms with Crippen LogP contribution in [0.15, 0.2) is 50.9 Å². The van der Waals surface area contributed by atoms with Crippen LogP contribution in [-0.2, 0) is 10.0 Å². The number of methoxy groups -OCH3 is 1. The summed E-state index contributed by atoms with van der Waals surface area (Å²) >= 11 is 5.45. The molecule has 0 heterocycles. The van der Waals surface area contributed by atoms with Gasteiger partial charge in [-0.1, -0.05) is 21.9 Å². The summed E-state index contributed by atoms with van der Waals surface area (Å²) in [5.41, 5.74) is 0.497. The van der Waals surface area contributed by atoms with Crippen LogP contribution in [0.3, 0.4) is 0 Å². The molecule has 0 fully saturated rings. The summed E-state index contributed by atoms with van der Waals surface area (Å²) in [4.78, 5) is 2.29. The summed E-state index contributed by atoms with van der Waals surface area (Å²) in [6, 6.07) is 9.82. The Morgan fingerprint density at radius 3 is 2.65 bits per heavy atom. The SMILES string of the molecule is C#CCOc1c(/C=N\NS(=O)(=O)c2ccc(I)cc2)cc(Br)cc1OC. The van der Waals surface area contributed by atoms with E-state index in [4.69, 9.17) is 15.9 Å². The first-order valence-electron chi connectivity index (χ1n) is 7.11. The first-order chi connectivity index (χ1) is 12.4. The topological polar surface area (TPSA) is 77.0 Å². The highest BCUT2D eigenvalue weighted by atomic mass is 127. The van der Waals surface area contributed by atoms with Crippen molar-refractivity contribution in [3.8, 4) is 23.8 Å². The molecule has 136 valence electrons. The minimum absolute atomic E-state index is 0.0349. The van der Waals surface area contributed by atoms with Crippen LogP contribution in [0.2, 0.25) is 0 Å². The first kappa shape index (κ1) is 20.5. The van der Waals surface area contributed by atoms with Gasteiger partial charge in [-0.15, -0.1) is 6.42 Å². The van der Waals surface area contributed by atoms with Crippen molar-refractivity contribution in [2.45, 2.75) is 4.90 Å². The molecule has 0 atom stereocenters. The summed E-state index contributed by atoms with van der Waals surface area (Å²) < 4.78 is 36.9. The Morgan fingerprint density at radius 2 is 2.04 bits per heavy atom. The fourth-order valence-corrected chi connectivity index (χ4v) is 3.54. The lowest BCUT2D eigenvalue weighted by Gasteiger charge is -2.12. The summed E-state index contributed by atoms with van der Waals surface area (Å²) in [5, 5.41) is 3.82. The van der Waals surface area contributed by atoms with Gasteiger partial charge in [0.2, 0.25) is 0 Å². The molecule has 9 heteroatoms. The molecule has 0 amide bonds. The number of nitrogens with one attached hydrogen (secondary N) is 1. The van der Waals surface area contributed by atoms with E-state index in [1.54, 1.807) is 24.3 Å². The number of hydrazone groups is 1. The van der Waals surface area contributed by atoms with Crippen LogP contribution in [0.25, 0.3) is 0 Å². The molecule has 6 nitrogen and oxygen atoms in total. The minimum Gasteiger partial charge on any atom is -0.493 e. The van der Waals surface area contributed by atoms with Gasteiger partial charge in [0.1, 0.15) is 6.61 Å². The molecular weight excluding hydrogens is 535 g/mol. The highest BCUT2D eigenvalue weighted by Gasteiger charge is 2.14. The van der Waals surface area contributed by atoms with Gasteiger partial charge in [-0.3, -0.25) is 0 Å². The van der Waals surface area contributed by atoms with Gasteiger partial charge >= 0.3 is 0 Å². The number of benzene rings is 2. The van der Waals surface area contributed by atoms with Crippen LogP contribution in [0, 0.1) is 15.9 Å². The van der Waals surface area contributed by atoms with Crippen molar-refractivity contribution in [1.29, 1.82) is 0 Å². The van der Waals surface area contributed by atoms with Crippen LogP contribution in [0.4, 0.5) is 0 Å². The highest BCUT2D eigenvalue weighted by molar-refractivity contribution is 14.1. The fraction of sp³-hybridized carbons (Fsp3) is 0.118. The molecule has 0 saturated heterocycles. The zero-order valence-corrected chi connectivity index (χ0v) is 18.1. The minimum atomic E-state index is -3.77. The average Bonchev–Trinajstić information content (AvgIpc) is 2.60. The molecule has 0 spiro atoms. The van der Waals surface area contributed by atoms with Crippen LogP contribution >= 0.6 is 38.5 Å². The molecule has 0 aliphatic heterocycles. The molecule has 0 aliphatic rings. The van der Waals surface area contributed by atoms with Crippen molar-refractivity contribution >= 4 is 54.8 Å². The van der Waals surface area contributed by atoms with Crippen molar-refractivity contribution in [1.82, 2.24) is 4.83 Å². The first-order valence-corrected chi connectivity index (χ1v) is 10.5. The molecule has 1 N–H and O–H groups in total. The van der Waals surface area contributed by atoms with E-state index in [0.717, 1.165) is 3.57 Å². The van der Waals surface area contributed by atoms with E-state index in [0.29, 0.717) is 21.5 Å². The average molecular weight is 549 g/mol. The van der Waals surface area contributed by atoms with Crippen LogP contribution < -0.4 is 14.3 Å². The second-order valence-electron chi connectivity index (χ2n) is 4.83. The molecule has 2 aromatic rings. The van der Waals surface area contributed by atoms with Gasteiger partial charge in [-0.2, -0.15) is 13.5 Å². The predicted octanol–water partition coefficient (Wildman–Crippen LogP) is 3.39. The van der Waals surface area contributed by atoms with E-state index >= 15 is 0 Å². The number of halogens is 2. The number of ether oxygens (including phenoxy) is 2. The Hall–Kier alpha value is -1.77. The second-order valence-corrected chi connectivity index (χ2v) is 8.65. The summed E-state index contributed by atoms with van der Waals surface area (Å²) in [6.07, 6.45) is 6.55. The van der Waals surface area contributed by atoms with Crippen molar-refractivity contribution in [3.05, 3.63) is 50.0 Å². The summed E-state index contributed by atoms with van der Waals surface area (Å²) in [5.74, 6) is 3.18. The Bertz CT molecular complexity index is 954. The van der Waals surface area contributed by atoms with Gasteiger partial charge in [-0.25, -0.2) is 4.83 Å². The number of nitrogens with zero attached hydrogens (tertiary/aromatic N) is 1. The molecule has 26 heavy (non-hydrogen) atoms. The largest absolute Gasteiger partial charge is 0.493 e. The number of terminal acetylenes is 1. The van der Waals surface area contributed by atoms with Crippen molar-refractivity contribution in [2.75, 3.05) is 13.7 Å². The van der Waals surface area contributed by atoms with Crippen molar-refractivity contribution < 1.29 is 17.9 Å². The Kier molecular flexibility index (Phi) is 7.31. The molecule has 0 saturated carbocycles. The normalized spacial score (nSPS) is 11.2. The standard InChI is InChI=1S/C17H14BrIN2O4S/c1-3-8-25-17-12(9-13(18)10-16(17)24-2)11-20-21-26(22,23)15-6-4-14(19)5-7-15/h1,4-7,9-11,21H,8H2,2H3/b20-11-. The van der Waals surface area contributed by atoms with E-state index in [1.807, 2.05) is 0 Å². The molecule has 2 rings (SSSR count). The van der Waals surface area contributed by atoms with E-state index in [2.05, 4.69) is 54.4 Å². The number of sulfonamides is 1. The van der Waals surface area contributed by atoms with E-state index in [9.17, 15) is 8.42 Å². The van der Waals surface area contributed by atoms with Crippen LogP contribution in [0.1, 0.15) is 5.56 Å². The molecule has 0 aromatic heterocycles. The Balaban J connectivity index is 2.28. The Morgan fingerprint density at radius 1 is 1.35 bits per heavy atom. The highest BCUT2D eigenvalue weighted by Crippen LogP contribution is 2.34. The third kappa shape index (κ3) is 5.36.